The summed E-state index contributed by atoms with van der Waals surface area (Å²) in [6.07, 6.45) is 2.83. The highest BCUT2D eigenvalue weighted by molar-refractivity contribution is 5.77. The van der Waals surface area contributed by atoms with Gasteiger partial charge in [-0.05, 0) is 37.5 Å². The van der Waals surface area contributed by atoms with Crippen molar-refractivity contribution < 1.29 is 13.7 Å². The number of nitrogens with zero attached hydrogens (tertiary/aromatic N) is 2. The first-order chi connectivity index (χ1) is 11.1. The molecule has 0 radical (unpaired) electrons. The van der Waals surface area contributed by atoms with Gasteiger partial charge in [0.2, 0.25) is 0 Å². The zero-order chi connectivity index (χ0) is 15.9. The van der Waals surface area contributed by atoms with E-state index in [1.807, 2.05) is 6.07 Å². The molecule has 1 aliphatic carbocycles. The fraction of sp³-hybridized carbons (Fsp3) is 0.312. The van der Waals surface area contributed by atoms with Gasteiger partial charge in [0.15, 0.2) is 12.4 Å². The van der Waals surface area contributed by atoms with Crippen LogP contribution >= 0.6 is 0 Å². The molecule has 0 spiro atoms. The summed E-state index contributed by atoms with van der Waals surface area (Å²) >= 11 is 0. The van der Waals surface area contributed by atoms with E-state index in [4.69, 9.17) is 19.4 Å². The van der Waals surface area contributed by atoms with Crippen LogP contribution in [0.5, 0.6) is 5.75 Å². The van der Waals surface area contributed by atoms with E-state index in [0.717, 1.165) is 24.6 Å². The maximum atomic E-state index is 11.3. The van der Waals surface area contributed by atoms with Gasteiger partial charge in [0.25, 0.3) is 5.89 Å². The number of hydrogen-bond acceptors (Lipinski definition) is 7. The fourth-order valence-electron chi connectivity index (χ4n) is 2.57. The van der Waals surface area contributed by atoms with Gasteiger partial charge in [-0.1, -0.05) is 5.16 Å². The van der Waals surface area contributed by atoms with Crippen LogP contribution in [-0.2, 0) is 12.1 Å². The Kier molecular flexibility index (Phi) is 3.16. The Bertz CT molecular complexity index is 911. The summed E-state index contributed by atoms with van der Waals surface area (Å²) in [5.41, 5.74) is 5.77. The van der Waals surface area contributed by atoms with Crippen LogP contribution in [0.2, 0.25) is 0 Å². The van der Waals surface area contributed by atoms with E-state index in [9.17, 15) is 4.79 Å². The van der Waals surface area contributed by atoms with Gasteiger partial charge in [0.1, 0.15) is 11.3 Å². The first-order valence-corrected chi connectivity index (χ1v) is 7.41. The lowest BCUT2D eigenvalue weighted by molar-refractivity contribution is 0.223. The lowest BCUT2D eigenvalue weighted by atomic mass is 9.77. The van der Waals surface area contributed by atoms with E-state index in [0.29, 0.717) is 23.0 Å². The summed E-state index contributed by atoms with van der Waals surface area (Å²) in [5, 5.41) is 4.76. The summed E-state index contributed by atoms with van der Waals surface area (Å²) in [4.78, 5) is 15.5. The van der Waals surface area contributed by atoms with Gasteiger partial charge >= 0.3 is 5.63 Å². The highest BCUT2D eigenvalue weighted by Gasteiger charge is 2.38. The van der Waals surface area contributed by atoms with Crippen LogP contribution in [0.1, 0.15) is 31.0 Å². The normalized spacial score (nSPS) is 16.2. The van der Waals surface area contributed by atoms with Crippen molar-refractivity contribution in [2.24, 2.45) is 5.73 Å². The molecule has 0 amide bonds. The number of nitrogens with two attached hydrogens (primary N) is 1. The number of rotatable bonds is 4. The molecule has 118 valence electrons. The van der Waals surface area contributed by atoms with Gasteiger partial charge in [-0.15, -0.1) is 0 Å². The summed E-state index contributed by atoms with van der Waals surface area (Å²) < 4.78 is 15.9. The average molecular weight is 313 g/mol. The molecular formula is C16H15N3O4. The Balaban J connectivity index is 1.49. The van der Waals surface area contributed by atoms with E-state index in [-0.39, 0.29) is 6.61 Å². The summed E-state index contributed by atoms with van der Waals surface area (Å²) in [6, 6.07) is 8.34. The Morgan fingerprint density at radius 1 is 1.26 bits per heavy atom. The van der Waals surface area contributed by atoms with E-state index in [1.54, 1.807) is 18.2 Å². The molecule has 4 rings (SSSR count). The van der Waals surface area contributed by atoms with Crippen LogP contribution in [0, 0.1) is 0 Å². The molecule has 2 aromatic heterocycles. The largest absolute Gasteiger partial charge is 0.484 e. The first kappa shape index (κ1) is 14.0. The zero-order valence-corrected chi connectivity index (χ0v) is 12.3. The number of aromatic nitrogens is 2. The van der Waals surface area contributed by atoms with Gasteiger partial charge in [-0.25, -0.2) is 4.79 Å². The van der Waals surface area contributed by atoms with E-state index in [1.165, 1.54) is 6.07 Å². The molecule has 3 aromatic rings. The third-order valence-corrected chi connectivity index (χ3v) is 4.12. The molecule has 1 saturated carbocycles. The molecule has 7 nitrogen and oxygen atoms in total. The smallest absolute Gasteiger partial charge is 0.336 e. The number of ether oxygens (including phenoxy) is 1. The quantitative estimate of drug-likeness (QED) is 0.735. The van der Waals surface area contributed by atoms with Crippen molar-refractivity contribution in [1.29, 1.82) is 0 Å². The van der Waals surface area contributed by atoms with E-state index >= 15 is 0 Å². The molecule has 2 N–H and O–H groups in total. The van der Waals surface area contributed by atoms with Crippen molar-refractivity contribution in [3.8, 4) is 5.75 Å². The average Bonchev–Trinajstić information content (AvgIpc) is 2.99. The highest BCUT2D eigenvalue weighted by atomic mass is 16.5. The van der Waals surface area contributed by atoms with Crippen LogP contribution in [0.25, 0.3) is 11.0 Å². The van der Waals surface area contributed by atoms with Crippen LogP contribution < -0.4 is 16.1 Å². The molecule has 0 aliphatic heterocycles. The molecule has 2 heterocycles. The third kappa shape index (κ3) is 2.59. The molecule has 7 heteroatoms. The maximum absolute atomic E-state index is 11.3. The lowest BCUT2D eigenvalue weighted by Crippen LogP contribution is -2.44. The summed E-state index contributed by atoms with van der Waals surface area (Å²) in [6.45, 7) is 0.131. The van der Waals surface area contributed by atoms with Gasteiger partial charge in [-0.3, -0.25) is 0 Å². The van der Waals surface area contributed by atoms with Crippen molar-refractivity contribution >= 4 is 11.0 Å². The molecule has 1 aliphatic rings. The van der Waals surface area contributed by atoms with Crippen LogP contribution in [0.3, 0.4) is 0 Å². The Labute approximate surface area is 131 Å². The molecule has 0 bridgehead atoms. The molecule has 0 unspecified atom stereocenters. The molecule has 0 atom stereocenters. The van der Waals surface area contributed by atoms with Crippen molar-refractivity contribution in [3.63, 3.8) is 0 Å². The number of benzene rings is 1. The summed E-state index contributed by atoms with van der Waals surface area (Å²) in [5.74, 6) is 1.45. The molecule has 1 fully saturated rings. The topological polar surface area (TPSA) is 104 Å². The van der Waals surface area contributed by atoms with Gasteiger partial charge in [-0.2, -0.15) is 4.98 Å². The second-order valence-corrected chi connectivity index (χ2v) is 5.76. The second-order valence-electron chi connectivity index (χ2n) is 5.76. The van der Waals surface area contributed by atoms with Gasteiger partial charge in [0.05, 0.1) is 5.54 Å². The van der Waals surface area contributed by atoms with Gasteiger partial charge < -0.3 is 19.4 Å². The van der Waals surface area contributed by atoms with Crippen LogP contribution in [0.4, 0.5) is 0 Å². The fourth-order valence-corrected chi connectivity index (χ4v) is 2.57. The Hall–Kier alpha value is -2.67. The first-order valence-electron chi connectivity index (χ1n) is 7.41. The Morgan fingerprint density at radius 2 is 2.09 bits per heavy atom. The van der Waals surface area contributed by atoms with E-state index < -0.39 is 11.2 Å². The standard InChI is InChI=1S/C16H15N3O4/c17-16(6-1-7-16)15-18-13(23-19-15)9-21-11-4-2-10-3-5-14(20)22-12(10)8-11/h2-5,8H,1,6-7,9,17H2. The monoisotopic (exact) mass is 313 g/mol. The maximum Gasteiger partial charge on any atom is 0.336 e. The lowest BCUT2D eigenvalue weighted by Gasteiger charge is -2.34. The molecular weight excluding hydrogens is 298 g/mol. The van der Waals surface area contributed by atoms with Crippen molar-refractivity contribution in [1.82, 2.24) is 10.1 Å². The minimum atomic E-state index is -0.450. The van der Waals surface area contributed by atoms with Crippen molar-refractivity contribution in [3.05, 3.63) is 52.5 Å². The predicted octanol–water partition coefficient (Wildman–Crippen LogP) is 2.09. The Morgan fingerprint density at radius 3 is 2.87 bits per heavy atom. The van der Waals surface area contributed by atoms with Crippen LogP contribution in [-0.4, -0.2) is 10.1 Å². The molecule has 23 heavy (non-hydrogen) atoms. The van der Waals surface area contributed by atoms with E-state index in [2.05, 4.69) is 10.1 Å². The highest BCUT2D eigenvalue weighted by Crippen LogP contribution is 2.36. The summed E-state index contributed by atoms with van der Waals surface area (Å²) in [7, 11) is 0. The third-order valence-electron chi connectivity index (χ3n) is 4.12. The van der Waals surface area contributed by atoms with Crippen LogP contribution in [0.15, 0.2) is 44.1 Å². The molecule has 1 aromatic carbocycles. The van der Waals surface area contributed by atoms with Crippen molar-refractivity contribution in [2.45, 2.75) is 31.4 Å². The number of hydrogen-bond donors (Lipinski definition) is 1. The minimum Gasteiger partial charge on any atom is -0.484 e. The van der Waals surface area contributed by atoms with Crippen molar-refractivity contribution in [2.75, 3.05) is 0 Å². The second kappa shape index (κ2) is 5.20. The zero-order valence-electron chi connectivity index (χ0n) is 12.3. The number of fused-ring (bicyclic) bond motifs is 1. The van der Waals surface area contributed by atoms with Gasteiger partial charge in [0, 0.05) is 17.5 Å². The molecule has 0 saturated heterocycles. The SMILES string of the molecule is NC1(c2noc(COc3ccc4ccc(=O)oc4c3)n2)CCC1. The minimum absolute atomic E-state index is 0.131. The predicted molar refractivity (Wildman–Crippen MR) is 80.8 cm³/mol.